The van der Waals surface area contributed by atoms with E-state index in [1.54, 1.807) is 0 Å². The Morgan fingerprint density at radius 1 is 1.13 bits per heavy atom. The van der Waals surface area contributed by atoms with Crippen molar-refractivity contribution in [3.63, 3.8) is 0 Å². The van der Waals surface area contributed by atoms with Crippen molar-refractivity contribution >= 4 is 11.6 Å². The zero-order valence-electron chi connectivity index (χ0n) is 9.51. The number of aryl methyl sites for hydroxylation is 3. The molecule has 0 unspecified atom stereocenters. The minimum atomic E-state index is 0.320. The Labute approximate surface area is 96.4 Å². The molecule has 1 aliphatic carbocycles. The van der Waals surface area contributed by atoms with Crippen molar-refractivity contribution in [2.75, 3.05) is 0 Å². The zero-order chi connectivity index (χ0) is 11.0. The lowest BCUT2D eigenvalue weighted by Crippen LogP contribution is -2.34. The average Bonchev–Trinajstić information content (AvgIpc) is 2.07. The van der Waals surface area contributed by atoms with Gasteiger partial charge in [0.25, 0.3) is 0 Å². The van der Waals surface area contributed by atoms with Gasteiger partial charge in [-0.05, 0) is 31.9 Å². The second-order valence-electron chi connectivity index (χ2n) is 4.54. The number of alkyl halides is 1. The van der Waals surface area contributed by atoms with Gasteiger partial charge in [0.05, 0.1) is 0 Å². The van der Waals surface area contributed by atoms with E-state index in [2.05, 4.69) is 32.9 Å². The van der Waals surface area contributed by atoms with Gasteiger partial charge >= 0.3 is 0 Å². The predicted molar refractivity (Wildman–Crippen MR) is 63.9 cm³/mol. The Bertz CT molecular complexity index is 344. The molecule has 0 amide bonds. The molecule has 15 heavy (non-hydrogen) atoms. The van der Waals surface area contributed by atoms with Crippen LogP contribution < -0.4 is 4.74 Å². The Morgan fingerprint density at radius 3 is 2.13 bits per heavy atom. The lowest BCUT2D eigenvalue weighted by atomic mass is 9.95. The number of hydrogen-bond acceptors (Lipinski definition) is 1. The normalized spacial score (nSPS) is 24.8. The Balaban J connectivity index is 2.14. The van der Waals surface area contributed by atoms with Crippen molar-refractivity contribution in [1.29, 1.82) is 0 Å². The maximum Gasteiger partial charge on any atom is 0.125 e. The van der Waals surface area contributed by atoms with Gasteiger partial charge in [-0.1, -0.05) is 17.7 Å². The van der Waals surface area contributed by atoms with Gasteiger partial charge < -0.3 is 4.74 Å². The molecule has 0 N–H and O–H groups in total. The molecular formula is C13H17ClO. The van der Waals surface area contributed by atoms with E-state index in [0.717, 1.165) is 18.6 Å². The highest BCUT2D eigenvalue weighted by atomic mass is 35.5. The molecule has 1 fully saturated rings. The molecular weight excluding hydrogens is 208 g/mol. The minimum absolute atomic E-state index is 0.320. The fourth-order valence-corrected chi connectivity index (χ4v) is 2.51. The van der Waals surface area contributed by atoms with Gasteiger partial charge in [-0.3, -0.25) is 0 Å². The maximum absolute atomic E-state index is 5.95. The summed E-state index contributed by atoms with van der Waals surface area (Å²) in [6.07, 6.45) is 2.29. The summed E-state index contributed by atoms with van der Waals surface area (Å²) < 4.78 is 5.95. The van der Waals surface area contributed by atoms with E-state index in [0.29, 0.717) is 11.5 Å². The third-order valence-corrected chi connectivity index (χ3v) is 3.28. The number of rotatable bonds is 2. The van der Waals surface area contributed by atoms with Crippen LogP contribution in [0.5, 0.6) is 5.75 Å². The first-order chi connectivity index (χ1) is 7.06. The van der Waals surface area contributed by atoms with Crippen LogP contribution in [0.1, 0.15) is 29.5 Å². The number of hydrogen-bond donors (Lipinski definition) is 0. The second kappa shape index (κ2) is 4.05. The van der Waals surface area contributed by atoms with E-state index in [1.165, 1.54) is 16.7 Å². The third kappa shape index (κ3) is 2.28. The molecule has 2 rings (SSSR count). The van der Waals surface area contributed by atoms with Crippen LogP contribution in [0.25, 0.3) is 0 Å². The fourth-order valence-electron chi connectivity index (χ4n) is 2.12. The number of ether oxygens (including phenoxy) is 1. The average molecular weight is 225 g/mol. The van der Waals surface area contributed by atoms with Gasteiger partial charge in [0.1, 0.15) is 11.9 Å². The van der Waals surface area contributed by atoms with Crippen LogP contribution in [0.2, 0.25) is 0 Å². The molecule has 0 heterocycles. The van der Waals surface area contributed by atoms with Gasteiger partial charge in [0.15, 0.2) is 0 Å². The molecule has 0 saturated heterocycles. The van der Waals surface area contributed by atoms with Crippen LogP contribution in [0.4, 0.5) is 0 Å². The van der Waals surface area contributed by atoms with Crippen LogP contribution in [0, 0.1) is 20.8 Å². The summed E-state index contributed by atoms with van der Waals surface area (Å²) in [4.78, 5) is 0. The van der Waals surface area contributed by atoms with Crippen LogP contribution in [-0.4, -0.2) is 11.5 Å². The highest BCUT2D eigenvalue weighted by Crippen LogP contribution is 2.33. The summed E-state index contributed by atoms with van der Waals surface area (Å²) in [7, 11) is 0. The van der Waals surface area contributed by atoms with Crippen molar-refractivity contribution in [2.45, 2.75) is 45.1 Å². The minimum Gasteiger partial charge on any atom is -0.490 e. The topological polar surface area (TPSA) is 9.23 Å². The summed E-state index contributed by atoms with van der Waals surface area (Å²) in [5, 5.41) is 0.320. The van der Waals surface area contributed by atoms with Gasteiger partial charge in [0, 0.05) is 18.2 Å². The molecule has 2 heteroatoms. The van der Waals surface area contributed by atoms with Crippen molar-refractivity contribution in [2.24, 2.45) is 0 Å². The van der Waals surface area contributed by atoms with Gasteiger partial charge in [-0.15, -0.1) is 11.6 Å². The van der Waals surface area contributed by atoms with E-state index in [4.69, 9.17) is 16.3 Å². The van der Waals surface area contributed by atoms with E-state index in [1.807, 2.05) is 0 Å². The Hall–Kier alpha value is -0.690. The summed E-state index contributed by atoms with van der Waals surface area (Å²) in [6.45, 7) is 6.32. The molecule has 0 radical (unpaired) electrons. The number of benzene rings is 1. The SMILES string of the molecule is Cc1cc(C)c(OC2CC(Cl)C2)c(C)c1. The summed E-state index contributed by atoms with van der Waals surface area (Å²) in [6, 6.07) is 4.33. The van der Waals surface area contributed by atoms with Gasteiger partial charge in [-0.25, -0.2) is 0 Å². The lowest BCUT2D eigenvalue weighted by Gasteiger charge is -2.32. The van der Waals surface area contributed by atoms with Crippen LogP contribution in [0.15, 0.2) is 12.1 Å². The molecule has 0 aliphatic heterocycles. The highest BCUT2D eigenvalue weighted by molar-refractivity contribution is 6.21. The first-order valence-electron chi connectivity index (χ1n) is 5.45. The summed E-state index contributed by atoms with van der Waals surface area (Å²) in [5.41, 5.74) is 3.75. The van der Waals surface area contributed by atoms with Crippen molar-refractivity contribution in [1.82, 2.24) is 0 Å². The van der Waals surface area contributed by atoms with E-state index in [-0.39, 0.29) is 0 Å². The molecule has 0 aromatic heterocycles. The summed E-state index contributed by atoms with van der Waals surface area (Å²) in [5.74, 6) is 1.05. The number of halogens is 1. The molecule has 0 spiro atoms. The van der Waals surface area contributed by atoms with Gasteiger partial charge in [-0.2, -0.15) is 0 Å². The molecule has 0 bridgehead atoms. The van der Waals surface area contributed by atoms with Crippen molar-refractivity contribution < 1.29 is 4.74 Å². The van der Waals surface area contributed by atoms with Crippen molar-refractivity contribution in [3.05, 3.63) is 28.8 Å². The second-order valence-corrected chi connectivity index (χ2v) is 5.15. The molecule has 82 valence electrons. The predicted octanol–water partition coefficient (Wildman–Crippen LogP) is 3.76. The first kappa shape index (κ1) is 10.8. The van der Waals surface area contributed by atoms with E-state index >= 15 is 0 Å². The molecule has 1 aromatic rings. The third-order valence-electron chi connectivity index (χ3n) is 2.93. The first-order valence-corrected chi connectivity index (χ1v) is 5.88. The molecule has 1 aromatic carbocycles. The van der Waals surface area contributed by atoms with Crippen LogP contribution in [0.3, 0.4) is 0 Å². The fraction of sp³-hybridized carbons (Fsp3) is 0.538. The van der Waals surface area contributed by atoms with Gasteiger partial charge in [0.2, 0.25) is 0 Å². The monoisotopic (exact) mass is 224 g/mol. The zero-order valence-corrected chi connectivity index (χ0v) is 10.3. The Kier molecular flexibility index (Phi) is 2.92. The summed E-state index contributed by atoms with van der Waals surface area (Å²) >= 11 is 5.93. The smallest absolute Gasteiger partial charge is 0.125 e. The quantitative estimate of drug-likeness (QED) is 0.695. The highest BCUT2D eigenvalue weighted by Gasteiger charge is 2.29. The van der Waals surface area contributed by atoms with E-state index < -0.39 is 0 Å². The molecule has 1 saturated carbocycles. The molecule has 1 nitrogen and oxygen atoms in total. The van der Waals surface area contributed by atoms with Crippen molar-refractivity contribution in [3.8, 4) is 5.75 Å². The lowest BCUT2D eigenvalue weighted by molar-refractivity contribution is 0.122. The molecule has 0 atom stereocenters. The van der Waals surface area contributed by atoms with Crippen LogP contribution in [-0.2, 0) is 0 Å². The van der Waals surface area contributed by atoms with E-state index in [9.17, 15) is 0 Å². The Morgan fingerprint density at radius 2 is 1.67 bits per heavy atom. The maximum atomic E-state index is 5.95. The standard InChI is InChI=1S/C13H17ClO/c1-8-4-9(2)13(10(3)5-8)15-12-6-11(14)7-12/h4-5,11-12H,6-7H2,1-3H3. The molecule has 1 aliphatic rings. The largest absolute Gasteiger partial charge is 0.490 e. The van der Waals surface area contributed by atoms with Crippen LogP contribution >= 0.6 is 11.6 Å².